The van der Waals surface area contributed by atoms with Crippen molar-refractivity contribution < 1.29 is 4.39 Å². The Balaban J connectivity index is 2.21. The van der Waals surface area contributed by atoms with Gasteiger partial charge in [-0.1, -0.05) is 6.07 Å². The first-order chi connectivity index (χ1) is 8.16. The highest BCUT2D eigenvalue weighted by molar-refractivity contribution is 7.71. The molecule has 0 bridgehead atoms. The van der Waals surface area contributed by atoms with E-state index in [1.165, 1.54) is 12.1 Å². The number of halogens is 1. The predicted octanol–water partition coefficient (Wildman–Crippen LogP) is 3.39. The van der Waals surface area contributed by atoms with Crippen molar-refractivity contribution in [3.8, 4) is 11.4 Å². The van der Waals surface area contributed by atoms with Gasteiger partial charge < -0.3 is 0 Å². The van der Waals surface area contributed by atoms with E-state index in [0.717, 1.165) is 29.8 Å². The summed E-state index contributed by atoms with van der Waals surface area (Å²) in [6, 6.07) is 5.17. The number of H-pyrrole nitrogens is 1. The van der Waals surface area contributed by atoms with Crippen molar-refractivity contribution in [2.24, 2.45) is 0 Å². The van der Waals surface area contributed by atoms with Gasteiger partial charge in [-0.15, -0.1) is 0 Å². The van der Waals surface area contributed by atoms with E-state index in [9.17, 15) is 4.39 Å². The Kier molecular flexibility index (Phi) is 2.36. The molecule has 3 nitrogen and oxygen atoms in total. The van der Waals surface area contributed by atoms with Gasteiger partial charge in [0.05, 0.1) is 0 Å². The molecule has 0 unspecified atom stereocenters. The van der Waals surface area contributed by atoms with Gasteiger partial charge in [0.2, 0.25) is 0 Å². The van der Waals surface area contributed by atoms with Gasteiger partial charge in [-0.25, -0.2) is 4.39 Å². The number of nitrogens with zero attached hydrogens (tertiary/aromatic N) is 2. The summed E-state index contributed by atoms with van der Waals surface area (Å²) in [5, 5.41) is 7.03. The maximum atomic E-state index is 13.3. The van der Waals surface area contributed by atoms with Gasteiger partial charge in [-0.3, -0.25) is 9.67 Å². The monoisotopic (exact) mass is 249 g/mol. The zero-order valence-corrected chi connectivity index (χ0v) is 10.2. The average Bonchev–Trinajstić information content (AvgIpc) is 3.06. The quantitative estimate of drug-likeness (QED) is 0.828. The highest BCUT2D eigenvalue weighted by Crippen LogP contribution is 2.38. The Hall–Kier alpha value is -1.49. The fourth-order valence-electron chi connectivity index (χ4n) is 2.00. The molecule has 0 spiro atoms. The Morgan fingerprint density at radius 2 is 2.24 bits per heavy atom. The predicted molar refractivity (Wildman–Crippen MR) is 65.8 cm³/mol. The number of aromatic amines is 1. The zero-order chi connectivity index (χ0) is 12.0. The summed E-state index contributed by atoms with van der Waals surface area (Å²) in [6.45, 7) is 1.95. The molecular formula is C12H12FN3S. The van der Waals surface area contributed by atoms with Crippen LogP contribution in [0.5, 0.6) is 0 Å². The van der Waals surface area contributed by atoms with Gasteiger partial charge in [0, 0.05) is 11.6 Å². The number of aromatic nitrogens is 3. The molecule has 0 radical (unpaired) electrons. The second-order valence-electron chi connectivity index (χ2n) is 4.41. The minimum absolute atomic E-state index is 0.248. The number of aryl methyl sites for hydroxylation is 1. The summed E-state index contributed by atoms with van der Waals surface area (Å²) in [6.07, 6.45) is 2.24. The Morgan fingerprint density at radius 1 is 1.47 bits per heavy atom. The summed E-state index contributed by atoms with van der Waals surface area (Å²) in [4.78, 5) is 0. The lowest BCUT2D eigenvalue weighted by Crippen LogP contribution is -1.99. The molecule has 5 heteroatoms. The molecule has 1 saturated carbocycles. The van der Waals surface area contributed by atoms with E-state index in [1.807, 2.05) is 11.5 Å². The first-order valence-electron chi connectivity index (χ1n) is 5.60. The standard InChI is InChI=1S/C12H12FN3S/c1-7-2-3-8(13)6-10(7)11-14-15-12(17)16(11)9-4-5-9/h2-3,6,9H,4-5H2,1H3,(H,15,17). The molecule has 0 atom stereocenters. The molecule has 1 aromatic carbocycles. The molecule has 1 fully saturated rings. The summed E-state index contributed by atoms with van der Waals surface area (Å²) in [5.41, 5.74) is 1.81. The lowest BCUT2D eigenvalue weighted by Gasteiger charge is -2.07. The average molecular weight is 249 g/mol. The zero-order valence-electron chi connectivity index (χ0n) is 9.40. The second-order valence-corrected chi connectivity index (χ2v) is 4.80. The largest absolute Gasteiger partial charge is 0.297 e. The van der Waals surface area contributed by atoms with Crippen LogP contribution in [-0.2, 0) is 0 Å². The van der Waals surface area contributed by atoms with Crippen LogP contribution in [0.1, 0.15) is 24.4 Å². The molecule has 1 aromatic heterocycles. The molecule has 0 aliphatic heterocycles. The minimum Gasteiger partial charge on any atom is -0.297 e. The van der Waals surface area contributed by atoms with Crippen molar-refractivity contribution in [2.75, 3.05) is 0 Å². The van der Waals surface area contributed by atoms with Crippen molar-refractivity contribution >= 4 is 12.2 Å². The van der Waals surface area contributed by atoms with Crippen LogP contribution in [0.3, 0.4) is 0 Å². The third kappa shape index (κ3) is 1.80. The molecule has 0 amide bonds. The van der Waals surface area contributed by atoms with Gasteiger partial charge in [0.25, 0.3) is 0 Å². The van der Waals surface area contributed by atoms with Gasteiger partial charge in [-0.2, -0.15) is 5.10 Å². The molecule has 88 valence electrons. The summed E-state index contributed by atoms with van der Waals surface area (Å²) in [5.74, 6) is 0.497. The van der Waals surface area contributed by atoms with Crippen LogP contribution in [0.15, 0.2) is 18.2 Å². The minimum atomic E-state index is -0.248. The van der Waals surface area contributed by atoms with Crippen molar-refractivity contribution in [3.63, 3.8) is 0 Å². The normalized spacial score (nSPS) is 15.2. The topological polar surface area (TPSA) is 33.6 Å². The van der Waals surface area contributed by atoms with Crippen molar-refractivity contribution in [1.29, 1.82) is 0 Å². The van der Waals surface area contributed by atoms with Gasteiger partial charge in [0.1, 0.15) is 5.82 Å². The van der Waals surface area contributed by atoms with Crippen LogP contribution in [0, 0.1) is 17.5 Å². The summed E-state index contributed by atoms with van der Waals surface area (Å²) >= 11 is 5.22. The third-order valence-electron chi connectivity index (χ3n) is 3.06. The molecule has 1 aliphatic rings. The number of rotatable bonds is 2. The fraction of sp³-hybridized carbons (Fsp3) is 0.333. The first kappa shape index (κ1) is 10.7. The maximum absolute atomic E-state index is 13.3. The smallest absolute Gasteiger partial charge is 0.195 e. The molecule has 0 saturated heterocycles. The number of hydrogen-bond acceptors (Lipinski definition) is 2. The van der Waals surface area contributed by atoms with Crippen molar-refractivity contribution in [3.05, 3.63) is 34.4 Å². The summed E-state index contributed by atoms with van der Waals surface area (Å²) < 4.78 is 15.9. The summed E-state index contributed by atoms with van der Waals surface area (Å²) in [7, 11) is 0. The van der Waals surface area contributed by atoms with Crippen molar-refractivity contribution in [2.45, 2.75) is 25.8 Å². The van der Waals surface area contributed by atoms with Crippen LogP contribution in [0.25, 0.3) is 11.4 Å². The molecule has 1 N–H and O–H groups in total. The second kappa shape index (κ2) is 3.77. The highest BCUT2D eigenvalue weighted by Gasteiger charge is 2.28. The molecule has 1 heterocycles. The van der Waals surface area contributed by atoms with Crippen LogP contribution in [-0.4, -0.2) is 14.8 Å². The number of benzene rings is 1. The van der Waals surface area contributed by atoms with E-state index in [-0.39, 0.29) is 5.82 Å². The van der Waals surface area contributed by atoms with Crippen molar-refractivity contribution in [1.82, 2.24) is 14.8 Å². The lowest BCUT2D eigenvalue weighted by molar-refractivity contribution is 0.627. The van der Waals surface area contributed by atoms with Gasteiger partial charge >= 0.3 is 0 Å². The molecule has 17 heavy (non-hydrogen) atoms. The maximum Gasteiger partial charge on any atom is 0.195 e. The fourth-order valence-corrected chi connectivity index (χ4v) is 2.28. The van der Waals surface area contributed by atoms with Crippen LogP contribution in [0.4, 0.5) is 4.39 Å². The molecule has 2 aromatic rings. The first-order valence-corrected chi connectivity index (χ1v) is 6.01. The Labute approximate surface area is 103 Å². The van der Waals surface area contributed by atoms with Gasteiger partial charge in [0.15, 0.2) is 10.6 Å². The number of nitrogens with one attached hydrogen (secondary N) is 1. The Bertz CT molecular complexity index is 625. The van der Waals surface area contributed by atoms with Crippen LogP contribution in [0.2, 0.25) is 0 Å². The number of hydrogen-bond donors (Lipinski definition) is 1. The van der Waals surface area contributed by atoms with Crippen LogP contribution >= 0.6 is 12.2 Å². The third-order valence-corrected chi connectivity index (χ3v) is 3.34. The molecule has 1 aliphatic carbocycles. The van der Waals surface area contributed by atoms with E-state index in [4.69, 9.17) is 12.2 Å². The van der Waals surface area contributed by atoms with E-state index in [0.29, 0.717) is 10.8 Å². The van der Waals surface area contributed by atoms with E-state index in [2.05, 4.69) is 10.2 Å². The Morgan fingerprint density at radius 3 is 2.94 bits per heavy atom. The molecular weight excluding hydrogens is 237 g/mol. The van der Waals surface area contributed by atoms with Crippen LogP contribution < -0.4 is 0 Å². The van der Waals surface area contributed by atoms with E-state index in [1.54, 1.807) is 6.07 Å². The van der Waals surface area contributed by atoms with Gasteiger partial charge in [-0.05, 0) is 49.7 Å². The van der Waals surface area contributed by atoms with E-state index >= 15 is 0 Å². The lowest BCUT2D eigenvalue weighted by atomic mass is 10.1. The highest BCUT2D eigenvalue weighted by atomic mass is 32.1. The molecule has 3 rings (SSSR count). The SMILES string of the molecule is Cc1ccc(F)cc1-c1n[nH]c(=S)n1C1CC1. The van der Waals surface area contributed by atoms with E-state index < -0.39 is 0 Å².